The van der Waals surface area contributed by atoms with Crippen molar-refractivity contribution in [2.24, 2.45) is 0 Å². The molecule has 0 aliphatic carbocycles. The fourth-order valence-electron chi connectivity index (χ4n) is 2.83. The normalized spacial score (nSPS) is 20.0. The summed E-state index contributed by atoms with van der Waals surface area (Å²) in [5.74, 6) is -0.270. The minimum Gasteiger partial charge on any atom is -0.340 e. The molecular weight excluding hydrogens is 319 g/mol. The molecule has 1 aliphatic rings. The van der Waals surface area contributed by atoms with E-state index in [-0.39, 0.29) is 12.5 Å². The van der Waals surface area contributed by atoms with Gasteiger partial charge in [-0.1, -0.05) is 30.3 Å². The van der Waals surface area contributed by atoms with Crippen LogP contribution in [0.1, 0.15) is 18.9 Å². The maximum atomic E-state index is 12.1. The molecule has 0 unspecified atom stereocenters. The standard InChI is InChI=1S/C17H24F3N3O/c1-14-7-8-22(16(24)11-21-13-17(18,19)20)9-10-23(14)12-15-5-3-2-4-6-15/h2-6,14,21H,7-13H2,1H3/t14-/m0/s1. The van der Waals surface area contributed by atoms with E-state index in [2.05, 4.69) is 29.3 Å². The molecule has 134 valence electrons. The summed E-state index contributed by atoms with van der Waals surface area (Å²) in [6.45, 7) is 3.38. The van der Waals surface area contributed by atoms with Gasteiger partial charge in [0.2, 0.25) is 5.91 Å². The summed E-state index contributed by atoms with van der Waals surface area (Å²) in [6.07, 6.45) is -3.47. The van der Waals surface area contributed by atoms with Crippen molar-refractivity contribution in [3.8, 4) is 0 Å². The third kappa shape index (κ3) is 6.13. The number of carbonyl (C=O) groups is 1. The van der Waals surface area contributed by atoms with Gasteiger partial charge >= 0.3 is 6.18 Å². The molecule has 24 heavy (non-hydrogen) atoms. The first-order valence-corrected chi connectivity index (χ1v) is 8.18. The van der Waals surface area contributed by atoms with Crippen LogP contribution in [0.2, 0.25) is 0 Å². The number of rotatable bonds is 5. The molecule has 0 radical (unpaired) electrons. The molecule has 1 heterocycles. The summed E-state index contributed by atoms with van der Waals surface area (Å²) in [7, 11) is 0. The Bertz CT molecular complexity index is 522. The number of nitrogens with one attached hydrogen (secondary N) is 1. The molecule has 7 heteroatoms. The second-order valence-corrected chi connectivity index (χ2v) is 6.19. The minimum absolute atomic E-state index is 0.270. The van der Waals surface area contributed by atoms with Gasteiger partial charge in [0.25, 0.3) is 0 Å². The zero-order chi connectivity index (χ0) is 17.6. The van der Waals surface area contributed by atoms with Crippen molar-refractivity contribution in [3.05, 3.63) is 35.9 Å². The highest BCUT2D eigenvalue weighted by Gasteiger charge is 2.28. The Morgan fingerprint density at radius 3 is 2.58 bits per heavy atom. The summed E-state index contributed by atoms with van der Waals surface area (Å²) < 4.78 is 36.4. The SMILES string of the molecule is C[C@H]1CCN(C(=O)CNCC(F)(F)F)CCN1Cc1ccccc1. The second kappa shape index (κ2) is 8.48. The number of carbonyl (C=O) groups excluding carboxylic acids is 1. The van der Waals surface area contributed by atoms with Crippen LogP contribution >= 0.6 is 0 Å². The van der Waals surface area contributed by atoms with E-state index in [9.17, 15) is 18.0 Å². The molecule has 1 aromatic carbocycles. The number of nitrogens with zero attached hydrogens (tertiary/aromatic N) is 2. The van der Waals surface area contributed by atoms with E-state index in [1.807, 2.05) is 18.2 Å². The molecule has 0 spiro atoms. The zero-order valence-electron chi connectivity index (χ0n) is 13.9. The smallest absolute Gasteiger partial charge is 0.340 e. The monoisotopic (exact) mass is 343 g/mol. The van der Waals surface area contributed by atoms with Gasteiger partial charge in [-0.25, -0.2) is 0 Å². The summed E-state index contributed by atoms with van der Waals surface area (Å²) >= 11 is 0. The Labute approximate surface area is 140 Å². The fraction of sp³-hybridized carbons (Fsp3) is 0.588. The number of benzene rings is 1. The maximum absolute atomic E-state index is 12.1. The van der Waals surface area contributed by atoms with Gasteiger partial charge in [0.1, 0.15) is 0 Å². The molecule has 0 bridgehead atoms. The number of hydrogen-bond donors (Lipinski definition) is 1. The van der Waals surface area contributed by atoms with Crippen LogP contribution in [0.15, 0.2) is 30.3 Å². The van der Waals surface area contributed by atoms with Crippen molar-refractivity contribution in [1.82, 2.24) is 15.1 Å². The van der Waals surface area contributed by atoms with Crippen LogP contribution in [-0.2, 0) is 11.3 Å². The Kier molecular flexibility index (Phi) is 6.62. The molecule has 0 aromatic heterocycles. The average Bonchev–Trinajstić information content (AvgIpc) is 2.70. The number of halogens is 3. The molecule has 1 atom stereocenters. The second-order valence-electron chi connectivity index (χ2n) is 6.19. The number of hydrogen-bond acceptors (Lipinski definition) is 3. The first kappa shape index (κ1) is 18.7. The van der Waals surface area contributed by atoms with E-state index in [1.165, 1.54) is 5.56 Å². The van der Waals surface area contributed by atoms with Crippen LogP contribution in [0.5, 0.6) is 0 Å². The van der Waals surface area contributed by atoms with Crippen LogP contribution in [0.25, 0.3) is 0 Å². The van der Waals surface area contributed by atoms with Crippen LogP contribution in [0.4, 0.5) is 13.2 Å². The van der Waals surface area contributed by atoms with Crippen molar-refractivity contribution in [1.29, 1.82) is 0 Å². The summed E-state index contributed by atoms with van der Waals surface area (Å²) in [5.41, 5.74) is 1.22. The first-order valence-electron chi connectivity index (χ1n) is 8.18. The molecule has 0 saturated carbocycles. The lowest BCUT2D eigenvalue weighted by molar-refractivity contribution is -0.134. The molecule has 1 N–H and O–H groups in total. The van der Waals surface area contributed by atoms with E-state index in [0.29, 0.717) is 19.1 Å². The van der Waals surface area contributed by atoms with Crippen LogP contribution < -0.4 is 5.32 Å². The van der Waals surface area contributed by atoms with Crippen molar-refractivity contribution in [2.75, 3.05) is 32.7 Å². The fourth-order valence-corrected chi connectivity index (χ4v) is 2.83. The van der Waals surface area contributed by atoms with Crippen molar-refractivity contribution in [3.63, 3.8) is 0 Å². The maximum Gasteiger partial charge on any atom is 0.401 e. The number of alkyl halides is 3. The third-order valence-corrected chi connectivity index (χ3v) is 4.28. The van der Waals surface area contributed by atoms with E-state index < -0.39 is 12.7 Å². The predicted molar refractivity (Wildman–Crippen MR) is 86.4 cm³/mol. The molecule has 1 aromatic rings. The highest BCUT2D eigenvalue weighted by atomic mass is 19.4. The van der Waals surface area contributed by atoms with Gasteiger partial charge in [-0.05, 0) is 18.9 Å². The Morgan fingerprint density at radius 2 is 1.92 bits per heavy atom. The van der Waals surface area contributed by atoms with Gasteiger partial charge in [0.15, 0.2) is 0 Å². The molecular formula is C17H24F3N3O. The van der Waals surface area contributed by atoms with Crippen molar-refractivity contribution < 1.29 is 18.0 Å². The van der Waals surface area contributed by atoms with E-state index in [1.54, 1.807) is 4.90 Å². The highest BCUT2D eigenvalue weighted by molar-refractivity contribution is 5.78. The topological polar surface area (TPSA) is 35.6 Å². The Morgan fingerprint density at radius 1 is 1.21 bits per heavy atom. The third-order valence-electron chi connectivity index (χ3n) is 4.28. The quantitative estimate of drug-likeness (QED) is 0.891. The van der Waals surface area contributed by atoms with E-state index in [4.69, 9.17) is 0 Å². The minimum atomic E-state index is -4.29. The number of amides is 1. The zero-order valence-corrected chi connectivity index (χ0v) is 13.9. The lowest BCUT2D eigenvalue weighted by Gasteiger charge is -2.26. The van der Waals surface area contributed by atoms with Crippen LogP contribution in [0, 0.1) is 0 Å². The lowest BCUT2D eigenvalue weighted by atomic mass is 10.1. The summed E-state index contributed by atoms with van der Waals surface area (Å²) in [6, 6.07) is 10.4. The van der Waals surface area contributed by atoms with E-state index >= 15 is 0 Å². The van der Waals surface area contributed by atoms with Gasteiger partial charge < -0.3 is 10.2 Å². The predicted octanol–water partition coefficient (Wildman–Crippen LogP) is 2.26. The van der Waals surface area contributed by atoms with E-state index in [0.717, 1.165) is 19.5 Å². The molecule has 1 fully saturated rings. The van der Waals surface area contributed by atoms with Gasteiger partial charge in [0, 0.05) is 32.2 Å². The Balaban J connectivity index is 1.83. The van der Waals surface area contributed by atoms with Crippen molar-refractivity contribution in [2.45, 2.75) is 32.1 Å². The van der Waals surface area contributed by atoms with Gasteiger partial charge in [0.05, 0.1) is 13.1 Å². The van der Waals surface area contributed by atoms with Crippen LogP contribution in [-0.4, -0.2) is 60.6 Å². The van der Waals surface area contributed by atoms with Crippen LogP contribution in [0.3, 0.4) is 0 Å². The van der Waals surface area contributed by atoms with Gasteiger partial charge in [-0.3, -0.25) is 9.69 Å². The first-order chi connectivity index (χ1) is 11.3. The molecule has 1 saturated heterocycles. The molecule has 2 rings (SSSR count). The molecule has 1 amide bonds. The lowest BCUT2D eigenvalue weighted by Crippen LogP contribution is -2.42. The Hall–Kier alpha value is -1.60. The summed E-state index contributed by atoms with van der Waals surface area (Å²) in [4.78, 5) is 16.1. The highest BCUT2D eigenvalue weighted by Crippen LogP contribution is 2.15. The molecule has 1 aliphatic heterocycles. The van der Waals surface area contributed by atoms with Gasteiger partial charge in [-0.15, -0.1) is 0 Å². The summed E-state index contributed by atoms with van der Waals surface area (Å²) in [5, 5.41) is 2.18. The van der Waals surface area contributed by atoms with Crippen molar-refractivity contribution >= 4 is 5.91 Å². The molecule has 4 nitrogen and oxygen atoms in total. The average molecular weight is 343 g/mol. The largest absolute Gasteiger partial charge is 0.401 e. The van der Waals surface area contributed by atoms with Gasteiger partial charge in [-0.2, -0.15) is 13.2 Å².